The molecule has 1 aromatic heterocycles. The second-order valence-corrected chi connectivity index (χ2v) is 11.5. The Morgan fingerprint density at radius 3 is 2.54 bits per heavy atom. The number of aromatic amines is 1. The van der Waals surface area contributed by atoms with E-state index in [0.29, 0.717) is 51.8 Å². The molecule has 10 heteroatoms. The number of anilines is 2. The number of carbonyl (C=O) groups is 3. The summed E-state index contributed by atoms with van der Waals surface area (Å²) in [6.07, 6.45) is 1.79. The maximum absolute atomic E-state index is 13.1. The summed E-state index contributed by atoms with van der Waals surface area (Å²) in [7, 11) is 0. The Balaban J connectivity index is 1.13. The van der Waals surface area contributed by atoms with Crippen molar-refractivity contribution in [2.24, 2.45) is 0 Å². The summed E-state index contributed by atoms with van der Waals surface area (Å²) >= 11 is 0. The maximum Gasteiger partial charge on any atom is 0.256 e. The van der Waals surface area contributed by atoms with Gasteiger partial charge in [0.15, 0.2) is 0 Å². The number of benzene rings is 3. The Labute approximate surface area is 267 Å². The molecule has 2 aliphatic rings. The van der Waals surface area contributed by atoms with E-state index in [4.69, 9.17) is 9.47 Å². The molecule has 6 rings (SSSR count). The molecule has 0 bridgehead atoms. The zero-order valence-corrected chi connectivity index (χ0v) is 26.2. The number of H-pyrrole nitrogens is 1. The first-order valence-electron chi connectivity index (χ1n) is 15.4. The molecule has 1 fully saturated rings. The molecule has 0 atom stereocenters. The molecule has 46 heavy (non-hydrogen) atoms. The van der Waals surface area contributed by atoms with Gasteiger partial charge in [-0.05, 0) is 68.8 Å². The van der Waals surface area contributed by atoms with Crippen LogP contribution in [0.25, 0.3) is 11.6 Å². The average Bonchev–Trinajstić information content (AvgIpc) is 3.50. The summed E-state index contributed by atoms with van der Waals surface area (Å²) < 4.78 is 11.5. The van der Waals surface area contributed by atoms with Crippen molar-refractivity contribution in [2.45, 2.75) is 20.8 Å². The molecule has 0 aliphatic carbocycles. The van der Waals surface area contributed by atoms with Crippen molar-refractivity contribution in [3.8, 4) is 11.5 Å². The van der Waals surface area contributed by atoms with E-state index in [1.165, 1.54) is 0 Å². The number of nitrogens with zero attached hydrogens (tertiary/aromatic N) is 1. The van der Waals surface area contributed by atoms with E-state index in [9.17, 15) is 14.4 Å². The van der Waals surface area contributed by atoms with E-state index in [0.717, 1.165) is 55.2 Å². The number of morpholine rings is 1. The zero-order valence-electron chi connectivity index (χ0n) is 26.2. The van der Waals surface area contributed by atoms with Crippen LogP contribution in [0, 0.1) is 20.8 Å². The Bertz CT molecular complexity index is 1840. The molecule has 3 heterocycles. The average molecular weight is 620 g/mol. The van der Waals surface area contributed by atoms with Crippen LogP contribution in [0.2, 0.25) is 0 Å². The fourth-order valence-corrected chi connectivity index (χ4v) is 5.79. The summed E-state index contributed by atoms with van der Waals surface area (Å²) in [5.74, 6) is 0.488. The van der Waals surface area contributed by atoms with Gasteiger partial charge in [0.2, 0.25) is 0 Å². The molecule has 3 amide bonds. The molecule has 10 nitrogen and oxygen atoms in total. The van der Waals surface area contributed by atoms with Gasteiger partial charge in [0.05, 0.1) is 30.0 Å². The van der Waals surface area contributed by atoms with Crippen molar-refractivity contribution in [3.05, 3.63) is 106 Å². The summed E-state index contributed by atoms with van der Waals surface area (Å²) in [5.41, 5.74) is 6.86. The summed E-state index contributed by atoms with van der Waals surface area (Å²) in [4.78, 5) is 44.4. The van der Waals surface area contributed by atoms with E-state index in [1.54, 1.807) is 48.5 Å². The first-order valence-corrected chi connectivity index (χ1v) is 15.4. The second kappa shape index (κ2) is 13.4. The Morgan fingerprint density at radius 2 is 1.74 bits per heavy atom. The Hall–Kier alpha value is -5.19. The minimum atomic E-state index is -0.240. The molecule has 0 radical (unpaired) electrons. The largest absolute Gasteiger partial charge is 0.457 e. The summed E-state index contributed by atoms with van der Waals surface area (Å²) in [5, 5.41) is 8.87. The molecule has 1 saturated heterocycles. The van der Waals surface area contributed by atoms with Crippen molar-refractivity contribution in [1.82, 2.24) is 15.2 Å². The van der Waals surface area contributed by atoms with Gasteiger partial charge in [-0.1, -0.05) is 23.8 Å². The normalized spacial score (nSPS) is 15.4. The van der Waals surface area contributed by atoms with Gasteiger partial charge in [0, 0.05) is 66.5 Å². The molecular formula is C36H37N5O5. The summed E-state index contributed by atoms with van der Waals surface area (Å²) in [6, 6.07) is 19.9. The fraction of sp³-hybridized carbons (Fsp3) is 0.250. The van der Waals surface area contributed by atoms with Gasteiger partial charge in [-0.3, -0.25) is 19.3 Å². The lowest BCUT2D eigenvalue weighted by molar-refractivity contribution is -0.110. The smallest absolute Gasteiger partial charge is 0.256 e. The highest BCUT2D eigenvalue weighted by Gasteiger charge is 2.26. The maximum atomic E-state index is 13.1. The Morgan fingerprint density at radius 1 is 0.957 bits per heavy atom. The lowest BCUT2D eigenvalue weighted by atomic mass is 10.0. The van der Waals surface area contributed by atoms with Crippen molar-refractivity contribution >= 4 is 40.7 Å². The third kappa shape index (κ3) is 6.88. The predicted molar refractivity (Wildman–Crippen MR) is 178 cm³/mol. The molecule has 4 aromatic rings. The molecule has 0 unspecified atom stereocenters. The van der Waals surface area contributed by atoms with Crippen LogP contribution < -0.4 is 20.7 Å². The highest BCUT2D eigenvalue weighted by molar-refractivity contribution is 6.35. The van der Waals surface area contributed by atoms with Crippen molar-refractivity contribution < 1.29 is 23.9 Å². The lowest BCUT2D eigenvalue weighted by Crippen LogP contribution is -2.41. The lowest BCUT2D eigenvalue weighted by Gasteiger charge is -2.26. The van der Waals surface area contributed by atoms with Gasteiger partial charge in [-0.2, -0.15) is 0 Å². The highest BCUT2D eigenvalue weighted by Crippen LogP contribution is 2.37. The number of hydrogen-bond donors (Lipinski definition) is 4. The third-order valence-corrected chi connectivity index (χ3v) is 8.19. The van der Waals surface area contributed by atoms with Crippen LogP contribution in [0.1, 0.15) is 48.8 Å². The second-order valence-electron chi connectivity index (χ2n) is 11.5. The number of hydrogen-bond acceptors (Lipinski definition) is 6. The van der Waals surface area contributed by atoms with Crippen LogP contribution >= 0.6 is 0 Å². The van der Waals surface area contributed by atoms with E-state index in [1.807, 2.05) is 45.0 Å². The van der Waals surface area contributed by atoms with Crippen LogP contribution in [0.5, 0.6) is 11.5 Å². The fourth-order valence-electron chi connectivity index (χ4n) is 5.79. The van der Waals surface area contributed by atoms with E-state index in [2.05, 4.69) is 25.8 Å². The number of aromatic nitrogens is 1. The van der Waals surface area contributed by atoms with Gasteiger partial charge >= 0.3 is 0 Å². The van der Waals surface area contributed by atoms with Gasteiger partial charge in [0.1, 0.15) is 11.5 Å². The van der Waals surface area contributed by atoms with Gasteiger partial charge in [-0.25, -0.2) is 0 Å². The molecule has 0 spiro atoms. The van der Waals surface area contributed by atoms with Gasteiger partial charge in [-0.15, -0.1) is 0 Å². The van der Waals surface area contributed by atoms with Crippen molar-refractivity contribution in [2.75, 3.05) is 50.0 Å². The first kappa shape index (κ1) is 30.8. The van der Waals surface area contributed by atoms with Crippen molar-refractivity contribution in [1.29, 1.82) is 0 Å². The molecule has 236 valence electrons. The number of carbonyl (C=O) groups excluding carboxylic acids is 3. The number of ether oxygens (including phenoxy) is 2. The SMILES string of the molecule is Cc1cccc(C(=O)Nc2cccc(Oc3ccc4c(c3)NC(=O)/C4=C\c3[nH]c(C)c(C(=O)NCCN4CCOCC4)c3C)c2)c1. The number of aryl methyl sites for hydroxylation is 2. The third-order valence-electron chi connectivity index (χ3n) is 8.19. The zero-order chi connectivity index (χ0) is 32.2. The number of amides is 3. The molecule has 2 aliphatic heterocycles. The molecule has 4 N–H and O–H groups in total. The molecule has 0 saturated carbocycles. The molecular weight excluding hydrogens is 582 g/mol. The van der Waals surface area contributed by atoms with Crippen LogP contribution in [-0.2, 0) is 9.53 Å². The minimum Gasteiger partial charge on any atom is -0.457 e. The van der Waals surface area contributed by atoms with Crippen molar-refractivity contribution in [3.63, 3.8) is 0 Å². The monoisotopic (exact) mass is 619 g/mol. The van der Waals surface area contributed by atoms with Gasteiger partial charge < -0.3 is 30.4 Å². The van der Waals surface area contributed by atoms with Gasteiger partial charge in [0.25, 0.3) is 17.7 Å². The van der Waals surface area contributed by atoms with Crippen LogP contribution in [0.15, 0.2) is 66.7 Å². The van der Waals surface area contributed by atoms with E-state index < -0.39 is 0 Å². The highest BCUT2D eigenvalue weighted by atomic mass is 16.5. The van der Waals surface area contributed by atoms with Crippen LogP contribution in [-0.4, -0.2) is 67.0 Å². The predicted octanol–water partition coefficient (Wildman–Crippen LogP) is 5.54. The van der Waals surface area contributed by atoms with Crippen LogP contribution in [0.3, 0.4) is 0 Å². The molecule has 3 aromatic carbocycles. The Kier molecular flexibility index (Phi) is 9.00. The quantitative estimate of drug-likeness (QED) is 0.183. The first-order chi connectivity index (χ1) is 22.2. The van der Waals surface area contributed by atoms with E-state index >= 15 is 0 Å². The topological polar surface area (TPSA) is 125 Å². The number of nitrogens with one attached hydrogen (secondary N) is 4. The summed E-state index contributed by atoms with van der Waals surface area (Å²) in [6.45, 7) is 10.2. The number of rotatable bonds is 9. The number of fused-ring (bicyclic) bond motifs is 1. The van der Waals surface area contributed by atoms with E-state index in [-0.39, 0.29) is 17.7 Å². The minimum absolute atomic E-state index is 0.138. The standard InChI is InChI=1S/C36H37N5O5/c1-22-6-4-7-25(18-22)34(42)39-26-8-5-9-27(19-26)46-28-10-11-29-30(35(43)40-32(29)20-28)21-31-23(2)33(24(3)38-31)36(44)37-12-13-41-14-16-45-17-15-41/h4-11,18-21,38H,12-17H2,1-3H3,(H,37,44)(H,39,42)(H,40,43)/b30-21-. The van der Waals surface area contributed by atoms with Crippen LogP contribution in [0.4, 0.5) is 11.4 Å².